The van der Waals surface area contributed by atoms with Gasteiger partial charge in [0.25, 0.3) is 5.91 Å². The number of benzene rings is 2. The zero-order valence-electron chi connectivity index (χ0n) is 10.8. The summed E-state index contributed by atoms with van der Waals surface area (Å²) >= 11 is 3.37. The number of carbonyl (C=O) groups excluding carboxylic acids is 1. The summed E-state index contributed by atoms with van der Waals surface area (Å²) in [7, 11) is 0. The molecule has 0 saturated heterocycles. The molecule has 4 heteroatoms. The molecule has 0 bridgehead atoms. The van der Waals surface area contributed by atoms with Crippen molar-refractivity contribution in [3.05, 3.63) is 64.1 Å². The van der Waals surface area contributed by atoms with Crippen molar-refractivity contribution in [1.82, 2.24) is 5.32 Å². The van der Waals surface area contributed by atoms with Gasteiger partial charge in [0.05, 0.1) is 12.6 Å². The second kappa shape index (κ2) is 5.67. The minimum Gasteiger partial charge on any atom is -0.493 e. The van der Waals surface area contributed by atoms with Crippen LogP contribution in [0.3, 0.4) is 0 Å². The van der Waals surface area contributed by atoms with Gasteiger partial charge in [-0.1, -0.05) is 34.1 Å². The van der Waals surface area contributed by atoms with Crippen LogP contribution in [-0.2, 0) is 0 Å². The van der Waals surface area contributed by atoms with E-state index in [1.807, 2.05) is 48.5 Å². The predicted octanol–water partition coefficient (Wildman–Crippen LogP) is 3.70. The molecule has 1 atom stereocenters. The highest BCUT2D eigenvalue weighted by Crippen LogP contribution is 2.31. The van der Waals surface area contributed by atoms with Crippen molar-refractivity contribution < 1.29 is 9.53 Å². The second-order valence-corrected chi connectivity index (χ2v) is 5.62. The van der Waals surface area contributed by atoms with E-state index in [9.17, 15) is 4.79 Å². The van der Waals surface area contributed by atoms with Crippen LogP contribution in [-0.4, -0.2) is 12.5 Å². The van der Waals surface area contributed by atoms with Crippen molar-refractivity contribution in [3.8, 4) is 5.75 Å². The van der Waals surface area contributed by atoms with Crippen molar-refractivity contribution in [2.75, 3.05) is 6.61 Å². The molecule has 1 aliphatic heterocycles. The molecule has 1 heterocycles. The fourth-order valence-corrected chi connectivity index (χ4v) is 2.60. The van der Waals surface area contributed by atoms with Gasteiger partial charge in [0.15, 0.2) is 0 Å². The monoisotopic (exact) mass is 331 g/mol. The van der Waals surface area contributed by atoms with Crippen molar-refractivity contribution >= 4 is 21.8 Å². The van der Waals surface area contributed by atoms with Crippen LogP contribution in [0.5, 0.6) is 5.75 Å². The minimum absolute atomic E-state index is 0.0103. The largest absolute Gasteiger partial charge is 0.493 e. The Morgan fingerprint density at radius 3 is 2.70 bits per heavy atom. The van der Waals surface area contributed by atoms with Crippen LogP contribution in [0.2, 0.25) is 0 Å². The fraction of sp³-hybridized carbons (Fsp3) is 0.188. The summed E-state index contributed by atoms with van der Waals surface area (Å²) in [6.07, 6.45) is 0.791. The standard InChI is InChI=1S/C16H14BrNO2/c17-12-7-5-11(6-8-12)16(19)18-14-9-10-20-15-4-2-1-3-13(14)15/h1-8,14H,9-10H2,(H,18,19). The van der Waals surface area contributed by atoms with Crippen LogP contribution in [0.1, 0.15) is 28.4 Å². The van der Waals surface area contributed by atoms with Crippen LogP contribution in [0, 0.1) is 0 Å². The van der Waals surface area contributed by atoms with Crippen LogP contribution in [0.25, 0.3) is 0 Å². The highest BCUT2D eigenvalue weighted by molar-refractivity contribution is 9.10. The van der Waals surface area contributed by atoms with Gasteiger partial charge in [-0.25, -0.2) is 0 Å². The molecule has 3 nitrogen and oxygen atoms in total. The molecular formula is C16H14BrNO2. The molecule has 3 rings (SSSR count). The molecule has 20 heavy (non-hydrogen) atoms. The van der Waals surface area contributed by atoms with Crippen molar-refractivity contribution in [3.63, 3.8) is 0 Å². The Bertz CT molecular complexity index is 625. The molecule has 0 aromatic heterocycles. The summed E-state index contributed by atoms with van der Waals surface area (Å²) in [5, 5.41) is 3.08. The average Bonchev–Trinajstić information content (AvgIpc) is 2.48. The third kappa shape index (κ3) is 2.70. The van der Waals surface area contributed by atoms with Crippen molar-refractivity contribution in [2.45, 2.75) is 12.5 Å². The minimum atomic E-state index is -0.0563. The van der Waals surface area contributed by atoms with Crippen molar-refractivity contribution in [1.29, 1.82) is 0 Å². The normalized spacial score (nSPS) is 16.9. The number of halogens is 1. The molecule has 0 radical (unpaired) electrons. The number of fused-ring (bicyclic) bond motifs is 1. The Hall–Kier alpha value is -1.81. The number of ether oxygens (including phenoxy) is 1. The third-order valence-corrected chi connectivity index (χ3v) is 3.90. The number of rotatable bonds is 2. The van der Waals surface area contributed by atoms with Gasteiger partial charge in [0.2, 0.25) is 0 Å². The number of amides is 1. The average molecular weight is 332 g/mol. The van der Waals surface area contributed by atoms with Gasteiger partial charge in [0.1, 0.15) is 5.75 Å². The SMILES string of the molecule is O=C(NC1CCOc2ccccc21)c1ccc(Br)cc1. The predicted molar refractivity (Wildman–Crippen MR) is 80.9 cm³/mol. The van der Waals surface area contributed by atoms with E-state index in [1.54, 1.807) is 0 Å². The Labute approximate surface area is 126 Å². The van der Waals surface area contributed by atoms with E-state index in [-0.39, 0.29) is 11.9 Å². The van der Waals surface area contributed by atoms with Gasteiger partial charge in [-0.15, -0.1) is 0 Å². The number of nitrogens with one attached hydrogen (secondary N) is 1. The number of para-hydroxylation sites is 1. The highest BCUT2D eigenvalue weighted by atomic mass is 79.9. The van der Waals surface area contributed by atoms with Gasteiger partial charge >= 0.3 is 0 Å². The summed E-state index contributed by atoms with van der Waals surface area (Å²) < 4.78 is 6.56. The van der Waals surface area contributed by atoms with Gasteiger partial charge < -0.3 is 10.1 Å². The second-order valence-electron chi connectivity index (χ2n) is 4.71. The zero-order valence-corrected chi connectivity index (χ0v) is 12.4. The van der Waals surface area contributed by atoms with E-state index < -0.39 is 0 Å². The molecule has 2 aromatic carbocycles. The Kier molecular flexibility index (Phi) is 3.74. The number of carbonyl (C=O) groups is 1. The van der Waals surface area contributed by atoms with Crippen LogP contribution >= 0.6 is 15.9 Å². The lowest BCUT2D eigenvalue weighted by Gasteiger charge is -2.26. The van der Waals surface area contributed by atoms with Crippen molar-refractivity contribution in [2.24, 2.45) is 0 Å². The molecule has 0 aliphatic carbocycles. The van der Waals surface area contributed by atoms with Gasteiger partial charge in [-0.2, -0.15) is 0 Å². The zero-order chi connectivity index (χ0) is 13.9. The molecule has 0 spiro atoms. The molecule has 0 fully saturated rings. The summed E-state index contributed by atoms with van der Waals surface area (Å²) in [5.74, 6) is 0.805. The molecule has 2 aromatic rings. The third-order valence-electron chi connectivity index (χ3n) is 3.37. The molecule has 1 unspecified atom stereocenters. The first-order chi connectivity index (χ1) is 9.74. The first kappa shape index (κ1) is 13.2. The van der Waals surface area contributed by atoms with E-state index in [1.165, 1.54) is 0 Å². The first-order valence-electron chi connectivity index (χ1n) is 6.52. The molecule has 102 valence electrons. The van der Waals surface area contributed by atoms with Crippen LogP contribution in [0.15, 0.2) is 53.0 Å². The maximum absolute atomic E-state index is 12.3. The number of hydrogen-bond acceptors (Lipinski definition) is 2. The maximum atomic E-state index is 12.3. The summed E-state index contributed by atoms with van der Waals surface area (Å²) in [6.45, 7) is 0.627. The molecule has 1 amide bonds. The number of hydrogen-bond donors (Lipinski definition) is 1. The Balaban J connectivity index is 1.79. The summed E-state index contributed by atoms with van der Waals surface area (Å²) in [6, 6.07) is 15.2. The van der Waals surface area contributed by atoms with E-state index >= 15 is 0 Å². The molecular weight excluding hydrogens is 318 g/mol. The smallest absolute Gasteiger partial charge is 0.251 e. The lowest BCUT2D eigenvalue weighted by molar-refractivity contribution is 0.0925. The highest BCUT2D eigenvalue weighted by Gasteiger charge is 2.22. The topological polar surface area (TPSA) is 38.3 Å². The van der Waals surface area contributed by atoms with E-state index in [2.05, 4.69) is 21.2 Å². The van der Waals surface area contributed by atoms with Gasteiger partial charge in [-0.3, -0.25) is 4.79 Å². The quantitative estimate of drug-likeness (QED) is 0.911. The molecule has 1 aliphatic rings. The molecule has 0 saturated carbocycles. The van der Waals surface area contributed by atoms with E-state index in [0.29, 0.717) is 12.2 Å². The van der Waals surface area contributed by atoms with Gasteiger partial charge in [0, 0.05) is 22.0 Å². The van der Waals surface area contributed by atoms with Crippen LogP contribution < -0.4 is 10.1 Å². The summed E-state index contributed by atoms with van der Waals surface area (Å²) in [5.41, 5.74) is 1.71. The van der Waals surface area contributed by atoms with Crippen LogP contribution in [0.4, 0.5) is 0 Å². The fourth-order valence-electron chi connectivity index (χ4n) is 2.33. The van der Waals surface area contributed by atoms with E-state index in [0.717, 1.165) is 22.2 Å². The maximum Gasteiger partial charge on any atom is 0.251 e. The lowest BCUT2D eigenvalue weighted by atomic mass is 10.00. The molecule has 1 N–H and O–H groups in total. The lowest BCUT2D eigenvalue weighted by Crippen LogP contribution is -2.32. The summed E-state index contributed by atoms with van der Waals surface area (Å²) in [4.78, 5) is 12.3. The van der Waals surface area contributed by atoms with Gasteiger partial charge in [-0.05, 0) is 30.3 Å². The Morgan fingerprint density at radius 2 is 1.90 bits per heavy atom. The Morgan fingerprint density at radius 1 is 1.15 bits per heavy atom. The first-order valence-corrected chi connectivity index (χ1v) is 7.31. The van der Waals surface area contributed by atoms with E-state index in [4.69, 9.17) is 4.74 Å².